The van der Waals surface area contributed by atoms with E-state index in [0.717, 1.165) is 25.3 Å². The normalized spacial score (nSPS) is 27.0. The highest BCUT2D eigenvalue weighted by molar-refractivity contribution is 5.12. The SMILES string of the molecule is CCc1cc(CC)n(C2CC(C(C)(C)C)CCC2CN)n1. The topological polar surface area (TPSA) is 43.8 Å². The van der Waals surface area contributed by atoms with E-state index in [-0.39, 0.29) is 0 Å². The average molecular weight is 291 g/mol. The summed E-state index contributed by atoms with van der Waals surface area (Å²) in [7, 11) is 0. The smallest absolute Gasteiger partial charge is 0.0624 e. The third-order valence-corrected chi connectivity index (χ3v) is 5.39. The summed E-state index contributed by atoms with van der Waals surface area (Å²) >= 11 is 0. The molecule has 0 aliphatic heterocycles. The summed E-state index contributed by atoms with van der Waals surface area (Å²) in [6, 6.07) is 2.78. The molecule has 3 nitrogen and oxygen atoms in total. The van der Waals surface area contributed by atoms with Crippen molar-refractivity contribution in [3.05, 3.63) is 17.5 Å². The molecule has 0 amide bonds. The van der Waals surface area contributed by atoms with Gasteiger partial charge in [-0.2, -0.15) is 5.10 Å². The molecular formula is C18H33N3. The Morgan fingerprint density at radius 3 is 2.48 bits per heavy atom. The van der Waals surface area contributed by atoms with E-state index in [2.05, 4.69) is 45.4 Å². The molecule has 2 N–H and O–H groups in total. The Morgan fingerprint density at radius 1 is 1.24 bits per heavy atom. The second-order valence-corrected chi connectivity index (χ2v) is 7.72. The maximum absolute atomic E-state index is 6.08. The first kappa shape index (κ1) is 16.5. The number of aromatic nitrogens is 2. The van der Waals surface area contributed by atoms with Crippen LogP contribution in [0, 0.1) is 17.3 Å². The fourth-order valence-corrected chi connectivity index (χ4v) is 3.78. The molecule has 0 aromatic carbocycles. The Balaban J connectivity index is 2.30. The van der Waals surface area contributed by atoms with Crippen LogP contribution in [0.3, 0.4) is 0 Å². The van der Waals surface area contributed by atoms with Crippen molar-refractivity contribution in [3.8, 4) is 0 Å². The summed E-state index contributed by atoms with van der Waals surface area (Å²) < 4.78 is 2.33. The van der Waals surface area contributed by atoms with Crippen molar-refractivity contribution in [3.63, 3.8) is 0 Å². The molecule has 1 aromatic rings. The largest absolute Gasteiger partial charge is 0.330 e. The second-order valence-electron chi connectivity index (χ2n) is 7.72. The predicted octanol–water partition coefficient (Wildman–Crippen LogP) is 3.97. The van der Waals surface area contributed by atoms with Crippen LogP contribution in [0.4, 0.5) is 0 Å². The summed E-state index contributed by atoms with van der Waals surface area (Å²) in [6.45, 7) is 12.3. The van der Waals surface area contributed by atoms with E-state index in [1.807, 2.05) is 0 Å². The van der Waals surface area contributed by atoms with Crippen molar-refractivity contribution >= 4 is 0 Å². The molecule has 0 bridgehead atoms. The van der Waals surface area contributed by atoms with Gasteiger partial charge in [0.05, 0.1) is 11.7 Å². The number of nitrogens with zero attached hydrogens (tertiary/aromatic N) is 2. The molecule has 0 radical (unpaired) electrons. The van der Waals surface area contributed by atoms with Crippen LogP contribution in [0.25, 0.3) is 0 Å². The van der Waals surface area contributed by atoms with E-state index in [1.165, 1.54) is 30.7 Å². The molecule has 0 spiro atoms. The van der Waals surface area contributed by atoms with Gasteiger partial charge in [-0.1, -0.05) is 34.6 Å². The van der Waals surface area contributed by atoms with Gasteiger partial charge in [-0.15, -0.1) is 0 Å². The van der Waals surface area contributed by atoms with Crippen molar-refractivity contribution in [2.45, 2.75) is 72.8 Å². The summed E-state index contributed by atoms with van der Waals surface area (Å²) in [6.07, 6.45) is 5.85. The van der Waals surface area contributed by atoms with Crippen LogP contribution in [-0.2, 0) is 12.8 Å². The molecule has 1 saturated carbocycles. The fourth-order valence-electron chi connectivity index (χ4n) is 3.78. The Hall–Kier alpha value is -0.830. The first-order chi connectivity index (χ1) is 9.90. The van der Waals surface area contributed by atoms with Gasteiger partial charge in [-0.25, -0.2) is 0 Å². The molecule has 1 fully saturated rings. The molecule has 21 heavy (non-hydrogen) atoms. The Morgan fingerprint density at radius 2 is 1.95 bits per heavy atom. The first-order valence-electron chi connectivity index (χ1n) is 8.68. The minimum atomic E-state index is 0.380. The van der Waals surface area contributed by atoms with E-state index >= 15 is 0 Å². The maximum atomic E-state index is 6.08. The average Bonchev–Trinajstić information content (AvgIpc) is 2.88. The van der Waals surface area contributed by atoms with Gasteiger partial charge >= 0.3 is 0 Å². The van der Waals surface area contributed by atoms with Gasteiger partial charge in [0.2, 0.25) is 0 Å². The first-order valence-corrected chi connectivity index (χ1v) is 8.68. The minimum absolute atomic E-state index is 0.380. The van der Waals surface area contributed by atoms with Crippen LogP contribution in [-0.4, -0.2) is 16.3 Å². The van der Waals surface area contributed by atoms with E-state index in [1.54, 1.807) is 0 Å². The third kappa shape index (κ3) is 3.50. The number of nitrogens with two attached hydrogens (primary N) is 1. The van der Waals surface area contributed by atoms with Gasteiger partial charge in [0.1, 0.15) is 0 Å². The van der Waals surface area contributed by atoms with Crippen LogP contribution in [0.5, 0.6) is 0 Å². The Bertz CT molecular complexity index is 456. The third-order valence-electron chi connectivity index (χ3n) is 5.39. The van der Waals surface area contributed by atoms with Crippen LogP contribution in [0.1, 0.15) is 71.3 Å². The molecular weight excluding hydrogens is 258 g/mol. The zero-order valence-electron chi connectivity index (χ0n) is 14.5. The van der Waals surface area contributed by atoms with Gasteiger partial charge in [0.15, 0.2) is 0 Å². The van der Waals surface area contributed by atoms with Gasteiger partial charge in [0, 0.05) is 5.69 Å². The molecule has 2 rings (SSSR count). The highest BCUT2D eigenvalue weighted by Crippen LogP contribution is 2.44. The van der Waals surface area contributed by atoms with Crippen molar-refractivity contribution < 1.29 is 0 Å². The predicted molar refractivity (Wildman–Crippen MR) is 89.4 cm³/mol. The quantitative estimate of drug-likeness (QED) is 0.912. The van der Waals surface area contributed by atoms with E-state index in [4.69, 9.17) is 10.8 Å². The molecule has 3 heteroatoms. The van der Waals surface area contributed by atoms with Gasteiger partial charge in [-0.05, 0) is 62.0 Å². The Labute approximate surface area is 130 Å². The summed E-state index contributed by atoms with van der Waals surface area (Å²) in [4.78, 5) is 0. The summed E-state index contributed by atoms with van der Waals surface area (Å²) in [5.74, 6) is 1.35. The van der Waals surface area contributed by atoms with Crippen LogP contribution < -0.4 is 5.73 Å². The lowest BCUT2D eigenvalue weighted by Gasteiger charge is -2.42. The fraction of sp³-hybridized carbons (Fsp3) is 0.833. The van der Waals surface area contributed by atoms with E-state index in [9.17, 15) is 0 Å². The van der Waals surface area contributed by atoms with E-state index < -0.39 is 0 Å². The summed E-state index contributed by atoms with van der Waals surface area (Å²) in [5.41, 5.74) is 9.06. The molecule has 1 aromatic heterocycles. The monoisotopic (exact) mass is 291 g/mol. The maximum Gasteiger partial charge on any atom is 0.0624 e. The van der Waals surface area contributed by atoms with Gasteiger partial charge in [0.25, 0.3) is 0 Å². The van der Waals surface area contributed by atoms with Crippen LogP contribution in [0.2, 0.25) is 0 Å². The standard InChI is InChI=1S/C18H33N3/c1-6-15-11-16(7-2)21(20-15)17-10-14(18(3,4)5)9-8-13(17)12-19/h11,13-14,17H,6-10,12,19H2,1-5H3. The highest BCUT2D eigenvalue weighted by atomic mass is 15.3. The molecule has 0 saturated heterocycles. The van der Waals surface area contributed by atoms with Gasteiger partial charge < -0.3 is 5.73 Å². The van der Waals surface area contributed by atoms with Crippen molar-refractivity contribution in [2.24, 2.45) is 23.0 Å². The minimum Gasteiger partial charge on any atom is -0.330 e. The van der Waals surface area contributed by atoms with Crippen molar-refractivity contribution in [1.82, 2.24) is 9.78 Å². The number of hydrogen-bond acceptors (Lipinski definition) is 2. The molecule has 1 aliphatic carbocycles. The molecule has 3 atom stereocenters. The number of aryl methyl sites for hydroxylation is 2. The van der Waals surface area contributed by atoms with Gasteiger partial charge in [-0.3, -0.25) is 4.68 Å². The zero-order chi connectivity index (χ0) is 15.6. The molecule has 120 valence electrons. The molecule has 3 unspecified atom stereocenters. The number of hydrogen-bond donors (Lipinski definition) is 1. The lowest BCUT2D eigenvalue weighted by molar-refractivity contribution is 0.0979. The van der Waals surface area contributed by atoms with Crippen LogP contribution in [0.15, 0.2) is 6.07 Å². The van der Waals surface area contributed by atoms with E-state index in [0.29, 0.717) is 17.4 Å². The highest BCUT2D eigenvalue weighted by Gasteiger charge is 2.37. The lowest BCUT2D eigenvalue weighted by atomic mass is 9.68. The molecule has 1 aliphatic rings. The zero-order valence-corrected chi connectivity index (χ0v) is 14.5. The lowest BCUT2D eigenvalue weighted by Crippen LogP contribution is -2.37. The second kappa shape index (κ2) is 6.51. The number of rotatable bonds is 4. The molecule has 1 heterocycles. The summed E-state index contributed by atoms with van der Waals surface area (Å²) in [5, 5.41) is 4.90. The van der Waals surface area contributed by atoms with Crippen molar-refractivity contribution in [1.29, 1.82) is 0 Å². The Kier molecular flexibility index (Phi) is 5.13. The van der Waals surface area contributed by atoms with Crippen molar-refractivity contribution in [2.75, 3.05) is 6.54 Å². The van der Waals surface area contributed by atoms with Crippen LogP contribution >= 0.6 is 0 Å².